The fraction of sp³-hybridized carbons (Fsp3) is 0.353. The molecule has 0 bridgehead atoms. The molecule has 2 rings (SSSR count). The molecule has 0 atom stereocenters. The van der Waals surface area contributed by atoms with Crippen LogP contribution in [0.1, 0.15) is 31.9 Å². The van der Waals surface area contributed by atoms with Gasteiger partial charge in [0.15, 0.2) is 0 Å². The highest BCUT2D eigenvalue weighted by Crippen LogP contribution is 2.25. The summed E-state index contributed by atoms with van der Waals surface area (Å²) >= 11 is 0. The van der Waals surface area contributed by atoms with Crippen molar-refractivity contribution in [3.63, 3.8) is 0 Å². The zero-order valence-electron chi connectivity index (χ0n) is 12.3. The number of pyridine rings is 1. The molecule has 0 fully saturated rings. The van der Waals surface area contributed by atoms with Gasteiger partial charge >= 0.3 is 0 Å². The smallest absolute Gasteiger partial charge is 0.219 e. The number of ether oxygens (including phenoxy) is 1. The summed E-state index contributed by atoms with van der Waals surface area (Å²) in [5, 5.41) is 8.87. The summed E-state index contributed by atoms with van der Waals surface area (Å²) in [7, 11) is 0. The molecular weight excluding hydrogens is 250 g/mol. The predicted molar refractivity (Wildman–Crippen MR) is 80.2 cm³/mol. The molecule has 2 aromatic rings. The van der Waals surface area contributed by atoms with Gasteiger partial charge in [-0.1, -0.05) is 39.0 Å². The van der Waals surface area contributed by atoms with Crippen molar-refractivity contribution in [3.05, 3.63) is 53.7 Å². The second kappa shape index (κ2) is 6.06. The zero-order chi connectivity index (χ0) is 14.6. The molecule has 0 amide bonds. The van der Waals surface area contributed by atoms with Crippen molar-refractivity contribution in [1.29, 1.82) is 0 Å². The van der Waals surface area contributed by atoms with E-state index in [2.05, 4.69) is 25.8 Å². The van der Waals surface area contributed by atoms with Crippen molar-refractivity contribution >= 4 is 0 Å². The molecule has 1 aromatic carbocycles. The molecule has 0 spiro atoms. The average molecular weight is 271 g/mol. The van der Waals surface area contributed by atoms with Crippen LogP contribution >= 0.6 is 0 Å². The third kappa shape index (κ3) is 3.81. The van der Waals surface area contributed by atoms with E-state index in [4.69, 9.17) is 9.84 Å². The van der Waals surface area contributed by atoms with Crippen LogP contribution in [-0.2, 0) is 11.8 Å². The Bertz CT molecular complexity index is 539. The summed E-state index contributed by atoms with van der Waals surface area (Å²) in [6.07, 6.45) is 2.52. The van der Waals surface area contributed by atoms with E-state index in [1.807, 2.05) is 42.6 Å². The maximum absolute atomic E-state index is 8.87. The van der Waals surface area contributed by atoms with Crippen LogP contribution in [0.4, 0.5) is 0 Å². The highest BCUT2D eigenvalue weighted by molar-refractivity contribution is 5.31. The van der Waals surface area contributed by atoms with Crippen molar-refractivity contribution in [1.82, 2.24) is 4.98 Å². The second-order valence-electron chi connectivity index (χ2n) is 5.85. The van der Waals surface area contributed by atoms with Crippen molar-refractivity contribution < 1.29 is 9.84 Å². The van der Waals surface area contributed by atoms with Crippen LogP contribution in [0.3, 0.4) is 0 Å². The largest absolute Gasteiger partial charge is 0.439 e. The Hall–Kier alpha value is -1.87. The molecule has 0 aliphatic carbocycles. The number of rotatable bonds is 4. The zero-order valence-corrected chi connectivity index (χ0v) is 12.3. The maximum atomic E-state index is 8.87. The van der Waals surface area contributed by atoms with E-state index < -0.39 is 0 Å². The van der Waals surface area contributed by atoms with Gasteiger partial charge in [-0.2, -0.15) is 0 Å². The quantitative estimate of drug-likeness (QED) is 0.921. The van der Waals surface area contributed by atoms with E-state index in [1.165, 1.54) is 5.56 Å². The molecule has 0 aliphatic heterocycles. The third-order valence-electron chi connectivity index (χ3n) is 3.15. The normalized spacial score (nSPS) is 11.4. The van der Waals surface area contributed by atoms with E-state index in [-0.39, 0.29) is 12.0 Å². The van der Waals surface area contributed by atoms with Gasteiger partial charge in [-0.15, -0.1) is 0 Å². The van der Waals surface area contributed by atoms with E-state index in [9.17, 15) is 0 Å². The Morgan fingerprint density at radius 1 is 1.05 bits per heavy atom. The van der Waals surface area contributed by atoms with Crippen LogP contribution in [0.15, 0.2) is 42.6 Å². The van der Waals surface area contributed by atoms with Gasteiger partial charge in [0.1, 0.15) is 5.75 Å². The van der Waals surface area contributed by atoms with Crippen LogP contribution < -0.4 is 4.74 Å². The van der Waals surface area contributed by atoms with Gasteiger partial charge in [-0.05, 0) is 35.1 Å². The van der Waals surface area contributed by atoms with Crippen LogP contribution in [0.5, 0.6) is 11.6 Å². The summed E-state index contributed by atoms with van der Waals surface area (Å²) in [5.74, 6) is 1.34. The van der Waals surface area contributed by atoms with Crippen LogP contribution in [0.2, 0.25) is 0 Å². The minimum absolute atomic E-state index is 0.0947. The van der Waals surface area contributed by atoms with Crippen LogP contribution in [-0.4, -0.2) is 16.7 Å². The summed E-state index contributed by atoms with van der Waals surface area (Å²) < 4.78 is 5.71. The number of benzene rings is 1. The number of hydrogen-bond acceptors (Lipinski definition) is 3. The van der Waals surface area contributed by atoms with Gasteiger partial charge in [0.2, 0.25) is 5.88 Å². The molecule has 1 aromatic heterocycles. The predicted octanol–water partition coefficient (Wildman–Crippen LogP) is 3.71. The summed E-state index contributed by atoms with van der Waals surface area (Å²) in [6.45, 7) is 6.63. The molecule has 1 N–H and O–H groups in total. The number of hydrogen-bond donors (Lipinski definition) is 1. The van der Waals surface area contributed by atoms with Gasteiger partial charge in [-0.25, -0.2) is 4.98 Å². The molecule has 1 heterocycles. The number of aliphatic hydroxyl groups is 1. The summed E-state index contributed by atoms with van der Waals surface area (Å²) in [4.78, 5) is 4.34. The minimum Gasteiger partial charge on any atom is -0.439 e. The Morgan fingerprint density at radius 3 is 2.25 bits per heavy atom. The third-order valence-corrected chi connectivity index (χ3v) is 3.15. The number of aromatic nitrogens is 1. The monoisotopic (exact) mass is 271 g/mol. The molecule has 3 nitrogen and oxygen atoms in total. The Balaban J connectivity index is 2.06. The lowest BCUT2D eigenvalue weighted by atomic mass is 9.88. The fourth-order valence-electron chi connectivity index (χ4n) is 1.86. The lowest BCUT2D eigenvalue weighted by Crippen LogP contribution is -2.11. The minimum atomic E-state index is 0.0947. The Morgan fingerprint density at radius 2 is 1.75 bits per heavy atom. The second-order valence-corrected chi connectivity index (χ2v) is 5.85. The van der Waals surface area contributed by atoms with Gasteiger partial charge < -0.3 is 9.84 Å². The van der Waals surface area contributed by atoms with Crippen molar-refractivity contribution in [3.8, 4) is 11.6 Å². The van der Waals surface area contributed by atoms with Crippen molar-refractivity contribution in [2.45, 2.75) is 32.6 Å². The molecule has 0 aliphatic rings. The van der Waals surface area contributed by atoms with Crippen molar-refractivity contribution in [2.24, 2.45) is 0 Å². The Labute approximate surface area is 120 Å². The average Bonchev–Trinajstić information content (AvgIpc) is 2.41. The molecular formula is C17H21NO2. The topological polar surface area (TPSA) is 42.4 Å². The first-order chi connectivity index (χ1) is 9.49. The van der Waals surface area contributed by atoms with E-state index in [1.54, 1.807) is 0 Å². The lowest BCUT2D eigenvalue weighted by Gasteiger charge is -2.18. The molecule has 106 valence electrons. The molecule has 0 unspecified atom stereocenters. The molecule has 0 saturated carbocycles. The van der Waals surface area contributed by atoms with E-state index in [0.717, 1.165) is 11.3 Å². The van der Waals surface area contributed by atoms with Crippen LogP contribution in [0, 0.1) is 0 Å². The summed E-state index contributed by atoms with van der Waals surface area (Å²) in [5.41, 5.74) is 2.37. The highest BCUT2D eigenvalue weighted by atomic mass is 16.5. The van der Waals surface area contributed by atoms with Crippen molar-refractivity contribution in [2.75, 3.05) is 6.61 Å². The fourth-order valence-corrected chi connectivity index (χ4v) is 1.86. The molecule has 0 saturated heterocycles. The van der Waals surface area contributed by atoms with E-state index >= 15 is 0 Å². The van der Waals surface area contributed by atoms with Gasteiger partial charge in [0.05, 0.1) is 0 Å². The van der Waals surface area contributed by atoms with E-state index in [0.29, 0.717) is 12.3 Å². The first kappa shape index (κ1) is 14.5. The van der Waals surface area contributed by atoms with Crippen LogP contribution in [0.25, 0.3) is 0 Å². The molecule has 20 heavy (non-hydrogen) atoms. The van der Waals surface area contributed by atoms with Gasteiger partial charge in [0, 0.05) is 18.9 Å². The SMILES string of the molecule is CC(C)(C)c1ccc(Oc2ccc(CCO)cc2)nc1. The maximum Gasteiger partial charge on any atom is 0.219 e. The first-order valence-corrected chi connectivity index (χ1v) is 6.83. The van der Waals surface area contributed by atoms with Gasteiger partial charge in [0.25, 0.3) is 0 Å². The van der Waals surface area contributed by atoms with Gasteiger partial charge in [-0.3, -0.25) is 0 Å². The number of nitrogens with zero attached hydrogens (tertiary/aromatic N) is 1. The standard InChI is InChI=1S/C17H21NO2/c1-17(2,3)14-6-9-16(18-12-14)20-15-7-4-13(5-8-15)10-11-19/h4-9,12,19H,10-11H2,1-3H3. The molecule has 0 radical (unpaired) electrons. The lowest BCUT2D eigenvalue weighted by molar-refractivity contribution is 0.299. The first-order valence-electron chi connectivity index (χ1n) is 6.83. The highest BCUT2D eigenvalue weighted by Gasteiger charge is 2.13. The molecule has 3 heteroatoms. The Kier molecular flexibility index (Phi) is 4.40. The number of aliphatic hydroxyl groups excluding tert-OH is 1. The summed E-state index contributed by atoms with van der Waals surface area (Å²) in [6, 6.07) is 11.6.